The molecule has 7 nitrogen and oxygen atoms in total. The lowest BCUT2D eigenvalue weighted by Crippen LogP contribution is -2.54. The Hall–Kier alpha value is -3.65. The van der Waals surface area contributed by atoms with E-state index in [1.54, 1.807) is 37.3 Å². The van der Waals surface area contributed by atoms with Gasteiger partial charge in [0.15, 0.2) is 0 Å². The molecule has 0 aliphatic carbocycles. The first-order valence-corrected chi connectivity index (χ1v) is 14.0. The molecule has 0 saturated carbocycles. The number of nitrogens with zero attached hydrogens (tertiary/aromatic N) is 2. The Morgan fingerprint density at radius 3 is 2.03 bits per heavy atom. The van der Waals surface area contributed by atoms with E-state index in [1.165, 1.54) is 17.0 Å². The quantitative estimate of drug-likeness (QED) is 0.425. The van der Waals surface area contributed by atoms with Crippen molar-refractivity contribution in [2.45, 2.75) is 64.6 Å². The molecule has 0 heterocycles. The molecule has 0 radical (unpaired) electrons. The van der Waals surface area contributed by atoms with Crippen LogP contribution in [0.4, 0.5) is 5.69 Å². The molecular formula is C30H37N3O4S. The Labute approximate surface area is 226 Å². The molecule has 0 aliphatic rings. The minimum Gasteiger partial charge on any atom is -0.350 e. The van der Waals surface area contributed by atoms with E-state index in [1.807, 2.05) is 71.0 Å². The fourth-order valence-corrected chi connectivity index (χ4v) is 5.57. The van der Waals surface area contributed by atoms with E-state index in [4.69, 9.17) is 0 Å². The standard InChI is InChI=1S/C30H37N3O4S/c1-22-14-13-19-27(23(22)2)33(38(36,37)26-17-11-8-12-18-26)21-28(34)32(20-25-15-9-7-10-16-25)24(3)29(35)31-30(4,5)6/h7-19,24H,20-21H2,1-6H3,(H,31,35)/t24-/m1/s1. The molecule has 1 N–H and O–H groups in total. The summed E-state index contributed by atoms with van der Waals surface area (Å²) in [5, 5.41) is 2.93. The number of benzene rings is 3. The van der Waals surface area contributed by atoms with E-state index < -0.39 is 34.1 Å². The maximum atomic E-state index is 14.0. The van der Waals surface area contributed by atoms with Crippen LogP contribution < -0.4 is 9.62 Å². The van der Waals surface area contributed by atoms with Crippen LogP contribution in [0.15, 0.2) is 83.8 Å². The first-order valence-electron chi connectivity index (χ1n) is 12.6. The third kappa shape index (κ3) is 7.01. The highest BCUT2D eigenvalue weighted by Gasteiger charge is 2.33. The summed E-state index contributed by atoms with van der Waals surface area (Å²) in [6.45, 7) is 10.7. The van der Waals surface area contributed by atoms with Gasteiger partial charge in [-0.15, -0.1) is 0 Å². The van der Waals surface area contributed by atoms with E-state index in [9.17, 15) is 18.0 Å². The molecule has 0 spiro atoms. The third-order valence-electron chi connectivity index (χ3n) is 6.32. The molecule has 202 valence electrons. The summed E-state index contributed by atoms with van der Waals surface area (Å²) in [6, 6.07) is 21.9. The first kappa shape index (κ1) is 28.9. The third-order valence-corrected chi connectivity index (χ3v) is 8.09. The number of anilines is 1. The summed E-state index contributed by atoms with van der Waals surface area (Å²) < 4.78 is 28.9. The van der Waals surface area contributed by atoms with Crippen molar-refractivity contribution in [1.29, 1.82) is 0 Å². The minimum absolute atomic E-state index is 0.0850. The fourth-order valence-electron chi connectivity index (χ4n) is 4.08. The molecule has 0 fully saturated rings. The molecule has 2 amide bonds. The average Bonchev–Trinajstić information content (AvgIpc) is 2.87. The molecule has 8 heteroatoms. The number of carbonyl (C=O) groups is 2. The van der Waals surface area contributed by atoms with E-state index in [2.05, 4.69) is 5.32 Å². The molecule has 0 unspecified atom stereocenters. The Balaban J connectivity index is 2.06. The highest BCUT2D eigenvalue weighted by atomic mass is 32.2. The normalized spacial score (nSPS) is 12.5. The van der Waals surface area contributed by atoms with E-state index >= 15 is 0 Å². The van der Waals surface area contributed by atoms with Gasteiger partial charge in [-0.25, -0.2) is 8.42 Å². The fraction of sp³-hybridized carbons (Fsp3) is 0.333. The monoisotopic (exact) mass is 535 g/mol. The van der Waals surface area contributed by atoms with Crippen LogP contribution in [0.25, 0.3) is 0 Å². The lowest BCUT2D eigenvalue weighted by atomic mass is 10.1. The van der Waals surface area contributed by atoms with Gasteiger partial charge >= 0.3 is 0 Å². The number of sulfonamides is 1. The zero-order valence-corrected chi connectivity index (χ0v) is 23.7. The van der Waals surface area contributed by atoms with Crippen LogP contribution in [0, 0.1) is 13.8 Å². The highest BCUT2D eigenvalue weighted by Crippen LogP contribution is 2.29. The Kier molecular flexibility index (Phi) is 8.99. The number of nitrogens with one attached hydrogen (secondary N) is 1. The van der Waals surface area contributed by atoms with Crippen LogP contribution in [-0.2, 0) is 26.2 Å². The van der Waals surface area contributed by atoms with Gasteiger partial charge in [-0.1, -0.05) is 60.7 Å². The zero-order valence-electron chi connectivity index (χ0n) is 22.9. The molecule has 0 aliphatic heterocycles. The Morgan fingerprint density at radius 2 is 1.45 bits per heavy atom. The maximum Gasteiger partial charge on any atom is 0.264 e. The number of hydrogen-bond donors (Lipinski definition) is 1. The summed E-state index contributed by atoms with van der Waals surface area (Å²) in [4.78, 5) is 28.6. The molecule has 38 heavy (non-hydrogen) atoms. The second kappa shape index (κ2) is 11.8. The van der Waals surface area contributed by atoms with Gasteiger partial charge in [0.05, 0.1) is 10.6 Å². The second-order valence-electron chi connectivity index (χ2n) is 10.5. The summed E-state index contributed by atoms with van der Waals surface area (Å²) >= 11 is 0. The smallest absolute Gasteiger partial charge is 0.264 e. The van der Waals surface area contributed by atoms with Crippen LogP contribution in [0.5, 0.6) is 0 Å². The van der Waals surface area contributed by atoms with Crippen LogP contribution in [0.3, 0.4) is 0 Å². The minimum atomic E-state index is -4.08. The van der Waals surface area contributed by atoms with Gasteiger partial charge < -0.3 is 10.2 Å². The van der Waals surface area contributed by atoms with Crippen LogP contribution in [0.2, 0.25) is 0 Å². The van der Waals surface area contributed by atoms with Crippen molar-refractivity contribution in [2.75, 3.05) is 10.8 Å². The summed E-state index contributed by atoms with van der Waals surface area (Å²) in [7, 11) is -4.08. The molecule has 0 saturated heterocycles. The van der Waals surface area contributed by atoms with Gasteiger partial charge in [0.2, 0.25) is 11.8 Å². The largest absolute Gasteiger partial charge is 0.350 e. The maximum absolute atomic E-state index is 14.0. The number of rotatable bonds is 9. The SMILES string of the molecule is Cc1cccc(N(CC(=O)N(Cc2ccccc2)[C@H](C)C(=O)NC(C)(C)C)S(=O)(=O)c2ccccc2)c1C. The van der Waals surface area contributed by atoms with Crippen molar-refractivity contribution in [1.82, 2.24) is 10.2 Å². The first-order chi connectivity index (χ1) is 17.8. The lowest BCUT2D eigenvalue weighted by molar-refractivity contribution is -0.140. The lowest BCUT2D eigenvalue weighted by Gasteiger charge is -2.34. The zero-order chi connectivity index (χ0) is 28.1. The molecule has 0 bridgehead atoms. The number of aryl methyl sites for hydroxylation is 1. The molecular weight excluding hydrogens is 498 g/mol. The van der Waals surface area contributed by atoms with Crippen molar-refractivity contribution >= 4 is 27.5 Å². The van der Waals surface area contributed by atoms with Crippen molar-refractivity contribution < 1.29 is 18.0 Å². The predicted molar refractivity (Wildman–Crippen MR) is 151 cm³/mol. The van der Waals surface area contributed by atoms with Gasteiger partial charge in [0, 0.05) is 12.1 Å². The van der Waals surface area contributed by atoms with Crippen LogP contribution >= 0.6 is 0 Å². The number of carbonyl (C=O) groups excluding carboxylic acids is 2. The summed E-state index contributed by atoms with van der Waals surface area (Å²) in [5.41, 5.74) is 2.43. The molecule has 3 rings (SSSR count). The Morgan fingerprint density at radius 1 is 0.868 bits per heavy atom. The predicted octanol–water partition coefficient (Wildman–Crippen LogP) is 4.83. The van der Waals surface area contributed by atoms with Gasteiger partial charge in [-0.3, -0.25) is 13.9 Å². The van der Waals surface area contributed by atoms with Gasteiger partial charge in [0.1, 0.15) is 12.6 Å². The highest BCUT2D eigenvalue weighted by molar-refractivity contribution is 7.92. The van der Waals surface area contributed by atoms with E-state index in [0.29, 0.717) is 5.69 Å². The number of amides is 2. The molecule has 3 aromatic carbocycles. The van der Waals surface area contributed by atoms with Gasteiger partial charge in [-0.05, 0) is 76.4 Å². The summed E-state index contributed by atoms with van der Waals surface area (Å²) in [5.74, 6) is -0.795. The molecule has 3 aromatic rings. The van der Waals surface area contributed by atoms with Crippen molar-refractivity contribution in [3.8, 4) is 0 Å². The van der Waals surface area contributed by atoms with E-state index in [0.717, 1.165) is 21.0 Å². The average molecular weight is 536 g/mol. The number of hydrogen-bond acceptors (Lipinski definition) is 4. The van der Waals surface area contributed by atoms with Crippen LogP contribution in [-0.4, -0.2) is 43.3 Å². The van der Waals surface area contributed by atoms with E-state index in [-0.39, 0.29) is 17.3 Å². The summed E-state index contributed by atoms with van der Waals surface area (Å²) in [6.07, 6.45) is 0. The Bertz CT molecular complexity index is 1370. The van der Waals surface area contributed by atoms with Crippen molar-refractivity contribution in [2.24, 2.45) is 0 Å². The van der Waals surface area contributed by atoms with Gasteiger partial charge in [-0.2, -0.15) is 0 Å². The van der Waals surface area contributed by atoms with Crippen molar-refractivity contribution in [3.05, 3.63) is 95.6 Å². The molecule has 0 aromatic heterocycles. The van der Waals surface area contributed by atoms with Crippen LogP contribution in [0.1, 0.15) is 44.4 Å². The molecule has 1 atom stereocenters. The topological polar surface area (TPSA) is 86.8 Å². The second-order valence-corrected chi connectivity index (χ2v) is 12.3. The van der Waals surface area contributed by atoms with Gasteiger partial charge in [0.25, 0.3) is 10.0 Å². The van der Waals surface area contributed by atoms with Crippen molar-refractivity contribution in [3.63, 3.8) is 0 Å².